The summed E-state index contributed by atoms with van der Waals surface area (Å²) >= 11 is 0. The molecule has 0 atom stereocenters. The summed E-state index contributed by atoms with van der Waals surface area (Å²) < 4.78 is 4.98. The summed E-state index contributed by atoms with van der Waals surface area (Å²) in [6.07, 6.45) is 0. The number of anilines is 1. The van der Waals surface area contributed by atoms with Gasteiger partial charge in [-0.3, -0.25) is 14.4 Å². The van der Waals surface area contributed by atoms with Crippen LogP contribution in [0.1, 0.15) is 36.7 Å². The molecule has 2 aromatic rings. The Kier molecular flexibility index (Phi) is 6.49. The first-order valence-corrected chi connectivity index (χ1v) is 8.31. The van der Waals surface area contributed by atoms with E-state index in [1.54, 1.807) is 30.3 Å². The van der Waals surface area contributed by atoms with Gasteiger partial charge in [0.05, 0.1) is 0 Å². The first kappa shape index (κ1) is 19.2. The van der Waals surface area contributed by atoms with E-state index in [0.717, 1.165) is 5.56 Å². The molecule has 0 aliphatic rings. The minimum absolute atomic E-state index is 0.00459. The molecule has 2 rings (SSSR count). The van der Waals surface area contributed by atoms with Crippen LogP contribution >= 0.6 is 0 Å². The standard InChI is InChI=1S/C20H22N2O4/c1-13(2)19(24)21-12-15-7-9-17(10-8-15)22-20(25)16-5-4-6-18(11-16)26-14(3)23/h4-11,13H,12H2,1-3H3,(H,21,24)(H,22,25). The molecule has 0 aliphatic heterocycles. The number of hydrogen-bond donors (Lipinski definition) is 2. The van der Waals surface area contributed by atoms with Crippen LogP contribution in [0.25, 0.3) is 0 Å². The van der Waals surface area contributed by atoms with Crippen molar-refractivity contribution in [2.75, 3.05) is 5.32 Å². The highest BCUT2D eigenvalue weighted by Gasteiger charge is 2.09. The molecule has 26 heavy (non-hydrogen) atoms. The Balaban J connectivity index is 1.97. The van der Waals surface area contributed by atoms with Crippen molar-refractivity contribution in [3.63, 3.8) is 0 Å². The fourth-order valence-corrected chi connectivity index (χ4v) is 2.17. The predicted octanol–water partition coefficient (Wildman–Crippen LogP) is 3.14. The van der Waals surface area contributed by atoms with Gasteiger partial charge in [0.2, 0.25) is 5.91 Å². The number of nitrogens with one attached hydrogen (secondary N) is 2. The Hall–Kier alpha value is -3.15. The van der Waals surface area contributed by atoms with E-state index >= 15 is 0 Å². The molecule has 0 unspecified atom stereocenters. The maximum Gasteiger partial charge on any atom is 0.308 e. The fraction of sp³-hybridized carbons (Fsp3) is 0.250. The van der Waals surface area contributed by atoms with Crippen LogP contribution in [0, 0.1) is 5.92 Å². The van der Waals surface area contributed by atoms with Crippen molar-refractivity contribution in [1.82, 2.24) is 5.32 Å². The molecule has 0 bridgehead atoms. The average Bonchev–Trinajstić information content (AvgIpc) is 2.60. The second-order valence-corrected chi connectivity index (χ2v) is 6.15. The quantitative estimate of drug-likeness (QED) is 0.616. The maximum atomic E-state index is 12.3. The molecule has 0 saturated heterocycles. The van der Waals surface area contributed by atoms with Crippen molar-refractivity contribution in [1.29, 1.82) is 0 Å². The third-order valence-corrected chi connectivity index (χ3v) is 3.56. The lowest BCUT2D eigenvalue weighted by Gasteiger charge is -2.09. The van der Waals surface area contributed by atoms with Crippen molar-refractivity contribution in [2.24, 2.45) is 5.92 Å². The van der Waals surface area contributed by atoms with E-state index in [0.29, 0.717) is 23.5 Å². The SMILES string of the molecule is CC(=O)Oc1cccc(C(=O)Nc2ccc(CNC(=O)C(C)C)cc2)c1. The minimum Gasteiger partial charge on any atom is -0.427 e. The molecular weight excluding hydrogens is 332 g/mol. The van der Waals surface area contributed by atoms with E-state index in [-0.39, 0.29) is 17.7 Å². The zero-order chi connectivity index (χ0) is 19.1. The molecule has 0 radical (unpaired) electrons. The van der Waals surface area contributed by atoms with E-state index in [9.17, 15) is 14.4 Å². The monoisotopic (exact) mass is 354 g/mol. The van der Waals surface area contributed by atoms with Gasteiger partial charge < -0.3 is 15.4 Å². The van der Waals surface area contributed by atoms with Crippen LogP contribution in [0.5, 0.6) is 5.75 Å². The second kappa shape index (κ2) is 8.80. The van der Waals surface area contributed by atoms with Gasteiger partial charge in [0, 0.05) is 30.6 Å². The topological polar surface area (TPSA) is 84.5 Å². The zero-order valence-electron chi connectivity index (χ0n) is 15.0. The van der Waals surface area contributed by atoms with Gasteiger partial charge in [0.15, 0.2) is 0 Å². The summed E-state index contributed by atoms with van der Waals surface area (Å²) in [7, 11) is 0. The summed E-state index contributed by atoms with van der Waals surface area (Å²) in [6.45, 7) is 5.42. The summed E-state index contributed by atoms with van der Waals surface area (Å²) in [5.41, 5.74) is 1.96. The number of rotatable bonds is 6. The van der Waals surface area contributed by atoms with E-state index in [1.807, 2.05) is 26.0 Å². The molecule has 0 aliphatic carbocycles. The van der Waals surface area contributed by atoms with Crippen molar-refractivity contribution in [3.8, 4) is 5.75 Å². The Morgan fingerprint density at radius 1 is 1.04 bits per heavy atom. The van der Waals surface area contributed by atoms with Crippen LogP contribution in [0.4, 0.5) is 5.69 Å². The van der Waals surface area contributed by atoms with Crippen molar-refractivity contribution in [3.05, 3.63) is 59.7 Å². The molecule has 2 aromatic carbocycles. The van der Waals surface area contributed by atoms with Crippen LogP contribution in [0.15, 0.2) is 48.5 Å². The van der Waals surface area contributed by atoms with Gasteiger partial charge in [-0.05, 0) is 35.9 Å². The number of esters is 1. The second-order valence-electron chi connectivity index (χ2n) is 6.15. The van der Waals surface area contributed by atoms with Crippen LogP contribution in [0.2, 0.25) is 0 Å². The van der Waals surface area contributed by atoms with Crippen LogP contribution in [-0.2, 0) is 16.1 Å². The summed E-state index contributed by atoms with van der Waals surface area (Å²) in [5, 5.41) is 5.62. The molecule has 0 spiro atoms. The number of benzene rings is 2. The Morgan fingerprint density at radius 2 is 1.73 bits per heavy atom. The van der Waals surface area contributed by atoms with E-state index in [1.165, 1.54) is 13.0 Å². The fourth-order valence-electron chi connectivity index (χ4n) is 2.17. The number of hydrogen-bond acceptors (Lipinski definition) is 4. The largest absolute Gasteiger partial charge is 0.427 e. The maximum absolute atomic E-state index is 12.3. The van der Waals surface area contributed by atoms with Gasteiger partial charge in [0.1, 0.15) is 5.75 Å². The van der Waals surface area contributed by atoms with Gasteiger partial charge in [-0.15, -0.1) is 0 Å². The highest BCUT2D eigenvalue weighted by Crippen LogP contribution is 2.16. The van der Waals surface area contributed by atoms with Gasteiger partial charge in [-0.2, -0.15) is 0 Å². The molecule has 6 nitrogen and oxygen atoms in total. The number of carbonyl (C=O) groups is 3. The number of amides is 2. The molecule has 2 amide bonds. The summed E-state index contributed by atoms with van der Waals surface area (Å²) in [6, 6.07) is 13.6. The lowest BCUT2D eigenvalue weighted by atomic mass is 10.1. The Morgan fingerprint density at radius 3 is 2.35 bits per heavy atom. The van der Waals surface area contributed by atoms with Crippen LogP contribution in [-0.4, -0.2) is 17.8 Å². The molecule has 0 fully saturated rings. The highest BCUT2D eigenvalue weighted by atomic mass is 16.5. The lowest BCUT2D eigenvalue weighted by Crippen LogP contribution is -2.27. The van der Waals surface area contributed by atoms with Gasteiger partial charge in [-0.1, -0.05) is 32.0 Å². The Bertz CT molecular complexity index is 798. The normalized spacial score (nSPS) is 10.3. The molecule has 2 N–H and O–H groups in total. The van der Waals surface area contributed by atoms with Crippen LogP contribution in [0.3, 0.4) is 0 Å². The summed E-state index contributed by atoms with van der Waals surface area (Å²) in [4.78, 5) is 34.9. The minimum atomic E-state index is -0.442. The van der Waals surface area contributed by atoms with Crippen LogP contribution < -0.4 is 15.4 Å². The Labute approximate surface area is 152 Å². The average molecular weight is 354 g/mol. The number of carbonyl (C=O) groups excluding carboxylic acids is 3. The van der Waals surface area contributed by atoms with Crippen molar-refractivity contribution >= 4 is 23.5 Å². The molecule has 136 valence electrons. The molecular formula is C20H22N2O4. The van der Waals surface area contributed by atoms with Gasteiger partial charge >= 0.3 is 5.97 Å². The smallest absolute Gasteiger partial charge is 0.308 e. The predicted molar refractivity (Wildman–Crippen MR) is 98.8 cm³/mol. The lowest BCUT2D eigenvalue weighted by molar-refractivity contribution is -0.132. The number of ether oxygens (including phenoxy) is 1. The first-order chi connectivity index (χ1) is 12.3. The summed E-state index contributed by atoms with van der Waals surface area (Å²) in [5.74, 6) is -0.490. The van der Waals surface area contributed by atoms with Gasteiger partial charge in [-0.25, -0.2) is 0 Å². The van der Waals surface area contributed by atoms with Gasteiger partial charge in [0.25, 0.3) is 5.91 Å². The molecule has 6 heteroatoms. The molecule has 0 saturated carbocycles. The zero-order valence-corrected chi connectivity index (χ0v) is 15.0. The van der Waals surface area contributed by atoms with Crippen molar-refractivity contribution in [2.45, 2.75) is 27.3 Å². The third kappa shape index (κ3) is 5.73. The van der Waals surface area contributed by atoms with E-state index in [2.05, 4.69) is 10.6 Å². The molecule has 0 aromatic heterocycles. The third-order valence-electron chi connectivity index (χ3n) is 3.56. The highest BCUT2D eigenvalue weighted by molar-refractivity contribution is 6.04. The van der Waals surface area contributed by atoms with E-state index < -0.39 is 5.97 Å². The van der Waals surface area contributed by atoms with Crippen molar-refractivity contribution < 1.29 is 19.1 Å². The van der Waals surface area contributed by atoms with E-state index in [4.69, 9.17) is 4.74 Å². The molecule has 0 heterocycles. The first-order valence-electron chi connectivity index (χ1n) is 8.31.